The van der Waals surface area contributed by atoms with E-state index in [-0.39, 0.29) is 12.4 Å². The van der Waals surface area contributed by atoms with Crippen LogP contribution in [0.15, 0.2) is 46.9 Å². The van der Waals surface area contributed by atoms with Gasteiger partial charge in [-0.15, -0.1) is 0 Å². The second-order valence-electron chi connectivity index (χ2n) is 6.48. The van der Waals surface area contributed by atoms with Crippen molar-refractivity contribution in [1.82, 2.24) is 4.90 Å². The van der Waals surface area contributed by atoms with Crippen LogP contribution < -0.4 is 4.74 Å². The summed E-state index contributed by atoms with van der Waals surface area (Å²) in [6.45, 7) is 3.05. The van der Waals surface area contributed by atoms with Crippen LogP contribution in [0.1, 0.15) is 19.3 Å². The van der Waals surface area contributed by atoms with Gasteiger partial charge in [-0.3, -0.25) is 0 Å². The molecule has 3 rings (SSSR count). The van der Waals surface area contributed by atoms with Gasteiger partial charge in [-0.25, -0.2) is 4.39 Å². The molecule has 0 saturated carbocycles. The zero-order chi connectivity index (χ0) is 17.6. The number of piperidine rings is 1. The topological polar surface area (TPSA) is 32.7 Å². The average molecular weight is 408 g/mol. The van der Waals surface area contributed by atoms with E-state index in [4.69, 9.17) is 4.74 Å². The summed E-state index contributed by atoms with van der Waals surface area (Å²) in [7, 11) is 0. The molecule has 1 aliphatic heterocycles. The summed E-state index contributed by atoms with van der Waals surface area (Å²) >= 11 is 3.52. The Morgan fingerprint density at radius 3 is 2.40 bits per heavy atom. The molecule has 2 aromatic rings. The molecule has 1 unspecified atom stereocenters. The SMILES string of the molecule is OC(COc1ccc(-c2ccc(F)cc2)cc1Br)CN1CCCCC1. The van der Waals surface area contributed by atoms with Crippen molar-refractivity contribution >= 4 is 15.9 Å². The minimum atomic E-state index is -0.498. The molecule has 1 N–H and O–H groups in total. The van der Waals surface area contributed by atoms with Crippen LogP contribution >= 0.6 is 15.9 Å². The Hall–Kier alpha value is -1.43. The number of hydrogen-bond donors (Lipinski definition) is 1. The van der Waals surface area contributed by atoms with E-state index in [0.717, 1.165) is 28.7 Å². The minimum Gasteiger partial charge on any atom is -0.490 e. The monoisotopic (exact) mass is 407 g/mol. The Balaban J connectivity index is 1.56. The van der Waals surface area contributed by atoms with Crippen LogP contribution in [-0.2, 0) is 0 Å². The summed E-state index contributed by atoms with van der Waals surface area (Å²) in [5.41, 5.74) is 1.92. The van der Waals surface area contributed by atoms with Crippen molar-refractivity contribution in [3.05, 3.63) is 52.8 Å². The molecule has 25 heavy (non-hydrogen) atoms. The maximum atomic E-state index is 13.0. The van der Waals surface area contributed by atoms with E-state index in [1.54, 1.807) is 12.1 Å². The average Bonchev–Trinajstić information content (AvgIpc) is 2.62. The molecular weight excluding hydrogens is 385 g/mol. The first kappa shape index (κ1) is 18.4. The molecule has 1 fully saturated rings. The predicted octanol–water partition coefficient (Wildman–Crippen LogP) is 4.48. The third-order valence-electron chi connectivity index (χ3n) is 4.46. The maximum Gasteiger partial charge on any atom is 0.133 e. The second-order valence-corrected chi connectivity index (χ2v) is 7.33. The lowest BCUT2D eigenvalue weighted by Gasteiger charge is -2.28. The number of aliphatic hydroxyl groups excluding tert-OH is 1. The molecule has 1 heterocycles. The largest absolute Gasteiger partial charge is 0.490 e. The molecule has 0 spiro atoms. The number of hydrogen-bond acceptors (Lipinski definition) is 3. The lowest BCUT2D eigenvalue weighted by molar-refractivity contribution is 0.0615. The zero-order valence-electron chi connectivity index (χ0n) is 14.1. The van der Waals surface area contributed by atoms with Gasteiger partial charge in [0.2, 0.25) is 0 Å². The Morgan fingerprint density at radius 1 is 1.04 bits per heavy atom. The van der Waals surface area contributed by atoms with Gasteiger partial charge in [0.1, 0.15) is 24.3 Å². The maximum absolute atomic E-state index is 13.0. The van der Waals surface area contributed by atoms with Gasteiger partial charge in [0.15, 0.2) is 0 Å². The molecule has 2 aromatic carbocycles. The highest BCUT2D eigenvalue weighted by molar-refractivity contribution is 9.10. The summed E-state index contributed by atoms with van der Waals surface area (Å²) in [6.07, 6.45) is 3.21. The number of rotatable bonds is 6. The second kappa shape index (κ2) is 8.79. The third kappa shape index (κ3) is 5.27. The number of benzene rings is 2. The van der Waals surface area contributed by atoms with Gasteiger partial charge in [-0.2, -0.15) is 0 Å². The Kier molecular flexibility index (Phi) is 6.45. The standard InChI is InChI=1S/C20H23BrFNO2/c21-19-12-16(15-4-7-17(22)8-5-15)6-9-20(19)25-14-18(24)13-23-10-2-1-3-11-23/h4-9,12,18,24H,1-3,10-11,13-14H2. The zero-order valence-corrected chi connectivity index (χ0v) is 15.7. The molecule has 3 nitrogen and oxygen atoms in total. The number of aliphatic hydroxyl groups is 1. The lowest BCUT2D eigenvalue weighted by Crippen LogP contribution is -2.38. The van der Waals surface area contributed by atoms with E-state index >= 15 is 0 Å². The van der Waals surface area contributed by atoms with E-state index in [0.29, 0.717) is 12.3 Å². The Morgan fingerprint density at radius 2 is 1.72 bits per heavy atom. The molecule has 0 bridgehead atoms. The molecule has 1 aliphatic rings. The highest BCUT2D eigenvalue weighted by Crippen LogP contribution is 2.31. The molecule has 0 aromatic heterocycles. The van der Waals surface area contributed by atoms with Crippen LogP contribution in [0.2, 0.25) is 0 Å². The van der Waals surface area contributed by atoms with Crippen LogP contribution in [0.3, 0.4) is 0 Å². The van der Waals surface area contributed by atoms with Crippen molar-refractivity contribution in [2.75, 3.05) is 26.2 Å². The van der Waals surface area contributed by atoms with E-state index in [9.17, 15) is 9.50 Å². The summed E-state index contributed by atoms with van der Waals surface area (Å²) in [6, 6.07) is 12.1. The van der Waals surface area contributed by atoms with Crippen molar-refractivity contribution in [3.8, 4) is 16.9 Å². The Bertz CT molecular complexity index is 687. The van der Waals surface area contributed by atoms with Gasteiger partial charge < -0.3 is 14.7 Å². The van der Waals surface area contributed by atoms with Crippen molar-refractivity contribution in [3.63, 3.8) is 0 Å². The van der Waals surface area contributed by atoms with Crippen molar-refractivity contribution in [2.24, 2.45) is 0 Å². The first-order chi connectivity index (χ1) is 12.1. The fourth-order valence-corrected chi connectivity index (χ4v) is 3.61. The minimum absolute atomic E-state index is 0.245. The molecular formula is C20H23BrFNO2. The van der Waals surface area contributed by atoms with Crippen molar-refractivity contribution in [2.45, 2.75) is 25.4 Å². The lowest BCUT2D eigenvalue weighted by atomic mass is 10.1. The van der Waals surface area contributed by atoms with Gasteiger partial charge >= 0.3 is 0 Å². The van der Waals surface area contributed by atoms with E-state index in [1.807, 2.05) is 18.2 Å². The predicted molar refractivity (Wildman–Crippen MR) is 101 cm³/mol. The van der Waals surface area contributed by atoms with Gasteiger partial charge in [-0.1, -0.05) is 24.6 Å². The van der Waals surface area contributed by atoms with E-state index in [2.05, 4.69) is 20.8 Å². The summed E-state index contributed by atoms with van der Waals surface area (Å²) in [4.78, 5) is 2.30. The van der Waals surface area contributed by atoms with Crippen molar-refractivity contribution < 1.29 is 14.2 Å². The van der Waals surface area contributed by atoms with Crippen LogP contribution in [0.4, 0.5) is 4.39 Å². The van der Waals surface area contributed by atoms with Gasteiger partial charge in [-0.05, 0) is 77.3 Å². The van der Waals surface area contributed by atoms with Gasteiger partial charge in [0.05, 0.1) is 4.47 Å². The third-order valence-corrected chi connectivity index (χ3v) is 5.08. The number of halogens is 2. The first-order valence-corrected chi connectivity index (χ1v) is 9.50. The molecule has 0 radical (unpaired) electrons. The number of likely N-dealkylation sites (tertiary alicyclic amines) is 1. The summed E-state index contributed by atoms with van der Waals surface area (Å²) in [5.74, 6) is 0.453. The fourth-order valence-electron chi connectivity index (χ4n) is 3.12. The van der Waals surface area contributed by atoms with Crippen molar-refractivity contribution in [1.29, 1.82) is 0 Å². The normalized spacial score (nSPS) is 16.6. The molecule has 1 saturated heterocycles. The van der Waals surface area contributed by atoms with Gasteiger partial charge in [0.25, 0.3) is 0 Å². The quantitative estimate of drug-likeness (QED) is 0.765. The van der Waals surface area contributed by atoms with Gasteiger partial charge in [0, 0.05) is 6.54 Å². The molecule has 0 aliphatic carbocycles. The first-order valence-electron chi connectivity index (χ1n) is 8.70. The van der Waals surface area contributed by atoms with Crippen LogP contribution in [0.5, 0.6) is 5.75 Å². The Labute approximate surface area is 156 Å². The van der Waals surface area contributed by atoms with Crippen LogP contribution in [0.25, 0.3) is 11.1 Å². The number of β-amino-alcohol motifs (C(OH)–C–C–N with tert-alkyl or cyclic N) is 1. The van der Waals surface area contributed by atoms with Crippen LogP contribution in [-0.4, -0.2) is 42.4 Å². The number of ether oxygens (including phenoxy) is 1. The highest BCUT2D eigenvalue weighted by atomic mass is 79.9. The highest BCUT2D eigenvalue weighted by Gasteiger charge is 2.15. The fraction of sp³-hybridized carbons (Fsp3) is 0.400. The smallest absolute Gasteiger partial charge is 0.133 e. The molecule has 0 amide bonds. The number of nitrogens with zero attached hydrogens (tertiary/aromatic N) is 1. The molecule has 1 atom stereocenters. The van der Waals surface area contributed by atoms with E-state index in [1.165, 1.54) is 31.4 Å². The summed E-state index contributed by atoms with van der Waals surface area (Å²) in [5, 5.41) is 10.2. The summed E-state index contributed by atoms with van der Waals surface area (Å²) < 4.78 is 19.6. The molecule has 134 valence electrons. The van der Waals surface area contributed by atoms with E-state index < -0.39 is 6.10 Å². The van der Waals surface area contributed by atoms with Crippen LogP contribution in [0, 0.1) is 5.82 Å². The molecule has 5 heteroatoms.